The van der Waals surface area contributed by atoms with Gasteiger partial charge < -0.3 is 0 Å². The fraction of sp³-hybridized carbons (Fsp3) is 0.182. The molecular formula is C11H11N3O. The third-order valence-corrected chi connectivity index (χ3v) is 2.13. The first kappa shape index (κ1) is 9.58. The molecule has 2 aromatic rings. The van der Waals surface area contributed by atoms with Crippen LogP contribution in [-0.2, 0) is 6.54 Å². The van der Waals surface area contributed by atoms with E-state index in [1.54, 1.807) is 12.4 Å². The number of aromatic nitrogens is 3. The lowest BCUT2D eigenvalue weighted by Gasteiger charge is -2.00. The highest BCUT2D eigenvalue weighted by Crippen LogP contribution is 2.04. The molecule has 0 aliphatic rings. The summed E-state index contributed by atoms with van der Waals surface area (Å²) in [5.74, 6) is 0.0196. The van der Waals surface area contributed by atoms with Crippen LogP contribution in [0.5, 0.6) is 0 Å². The molecule has 76 valence electrons. The van der Waals surface area contributed by atoms with Crippen molar-refractivity contribution in [1.82, 2.24) is 15.0 Å². The monoisotopic (exact) mass is 201 g/mol. The van der Waals surface area contributed by atoms with Crippen LogP contribution in [0.25, 0.3) is 0 Å². The van der Waals surface area contributed by atoms with Crippen molar-refractivity contribution in [3.63, 3.8) is 0 Å². The number of Topliss-reactive ketones (excluding diaryl/α,β-unsaturated/α-hetero) is 1. The van der Waals surface area contributed by atoms with Gasteiger partial charge in [-0.2, -0.15) is 15.0 Å². The zero-order valence-electron chi connectivity index (χ0n) is 8.42. The van der Waals surface area contributed by atoms with Gasteiger partial charge in [-0.1, -0.05) is 29.8 Å². The van der Waals surface area contributed by atoms with Crippen molar-refractivity contribution in [2.24, 2.45) is 0 Å². The second-order valence-electron chi connectivity index (χ2n) is 3.35. The number of ketones is 1. The Morgan fingerprint density at radius 2 is 1.80 bits per heavy atom. The summed E-state index contributed by atoms with van der Waals surface area (Å²) in [5, 5.41) is 7.77. The van der Waals surface area contributed by atoms with Crippen molar-refractivity contribution in [2.75, 3.05) is 0 Å². The number of carbonyl (C=O) groups is 1. The van der Waals surface area contributed by atoms with Crippen molar-refractivity contribution >= 4 is 5.78 Å². The summed E-state index contributed by atoms with van der Waals surface area (Å²) in [5.41, 5.74) is 1.83. The zero-order chi connectivity index (χ0) is 10.7. The molecule has 1 aromatic carbocycles. The van der Waals surface area contributed by atoms with Crippen molar-refractivity contribution < 1.29 is 4.79 Å². The zero-order valence-corrected chi connectivity index (χ0v) is 8.42. The van der Waals surface area contributed by atoms with E-state index in [9.17, 15) is 4.79 Å². The predicted molar refractivity (Wildman–Crippen MR) is 55.5 cm³/mol. The Morgan fingerprint density at radius 3 is 2.40 bits per heavy atom. The normalized spacial score (nSPS) is 10.2. The van der Waals surface area contributed by atoms with E-state index in [1.165, 1.54) is 4.80 Å². The average molecular weight is 201 g/mol. The van der Waals surface area contributed by atoms with Gasteiger partial charge in [0.25, 0.3) is 0 Å². The predicted octanol–water partition coefficient (Wildman–Crippen LogP) is 1.47. The van der Waals surface area contributed by atoms with Gasteiger partial charge in [-0.25, -0.2) is 0 Å². The maximum Gasteiger partial charge on any atom is 0.186 e. The molecule has 2 rings (SSSR count). The Hall–Kier alpha value is -1.97. The first-order chi connectivity index (χ1) is 7.25. The van der Waals surface area contributed by atoms with Gasteiger partial charge in [0.2, 0.25) is 0 Å². The third-order valence-electron chi connectivity index (χ3n) is 2.13. The van der Waals surface area contributed by atoms with E-state index in [0.717, 1.165) is 5.56 Å². The molecule has 1 aromatic heterocycles. The molecule has 1 heterocycles. The van der Waals surface area contributed by atoms with Crippen LogP contribution < -0.4 is 0 Å². The second-order valence-corrected chi connectivity index (χ2v) is 3.35. The Bertz CT molecular complexity index is 445. The number of nitrogens with zero attached hydrogens (tertiary/aromatic N) is 3. The van der Waals surface area contributed by atoms with Crippen LogP contribution in [0.15, 0.2) is 36.7 Å². The molecule has 0 aliphatic heterocycles. The molecule has 0 spiro atoms. The van der Waals surface area contributed by atoms with Crippen molar-refractivity contribution in [3.05, 3.63) is 47.8 Å². The van der Waals surface area contributed by atoms with Gasteiger partial charge in [-0.15, -0.1) is 0 Å². The number of hydrogen-bond donors (Lipinski definition) is 0. The van der Waals surface area contributed by atoms with Gasteiger partial charge in [-0.3, -0.25) is 4.79 Å². The molecular weight excluding hydrogens is 190 g/mol. The first-order valence-corrected chi connectivity index (χ1v) is 4.70. The second kappa shape index (κ2) is 4.04. The molecule has 0 bridgehead atoms. The lowest BCUT2D eigenvalue weighted by Crippen LogP contribution is -2.12. The average Bonchev–Trinajstić information content (AvgIpc) is 2.71. The minimum absolute atomic E-state index is 0.0196. The lowest BCUT2D eigenvalue weighted by molar-refractivity contribution is 0.0962. The number of benzene rings is 1. The fourth-order valence-corrected chi connectivity index (χ4v) is 1.28. The highest BCUT2D eigenvalue weighted by atomic mass is 16.1. The lowest BCUT2D eigenvalue weighted by atomic mass is 10.1. The fourth-order valence-electron chi connectivity index (χ4n) is 1.28. The summed E-state index contributed by atoms with van der Waals surface area (Å²) in [6, 6.07) is 7.48. The molecule has 0 atom stereocenters. The largest absolute Gasteiger partial charge is 0.292 e. The summed E-state index contributed by atoms with van der Waals surface area (Å²) in [4.78, 5) is 13.1. The van der Waals surface area contributed by atoms with Crippen LogP contribution in [0.3, 0.4) is 0 Å². The number of carbonyl (C=O) groups excluding carboxylic acids is 1. The van der Waals surface area contributed by atoms with Crippen LogP contribution >= 0.6 is 0 Å². The highest BCUT2D eigenvalue weighted by molar-refractivity contribution is 5.95. The minimum Gasteiger partial charge on any atom is -0.292 e. The Balaban J connectivity index is 2.11. The van der Waals surface area contributed by atoms with E-state index < -0.39 is 0 Å². The molecule has 15 heavy (non-hydrogen) atoms. The maximum absolute atomic E-state index is 11.7. The Kier molecular flexibility index (Phi) is 2.58. The van der Waals surface area contributed by atoms with Gasteiger partial charge in [0.05, 0.1) is 12.4 Å². The van der Waals surface area contributed by atoms with Crippen molar-refractivity contribution in [2.45, 2.75) is 13.5 Å². The molecule has 0 radical (unpaired) electrons. The van der Waals surface area contributed by atoms with Gasteiger partial charge in [0, 0.05) is 5.56 Å². The van der Waals surface area contributed by atoms with E-state index >= 15 is 0 Å². The molecule has 0 aliphatic carbocycles. The Labute approximate surface area is 87.5 Å². The SMILES string of the molecule is Cc1ccc(C(=O)Cn2nccn2)cc1. The highest BCUT2D eigenvalue weighted by Gasteiger charge is 2.06. The molecule has 0 fully saturated rings. The molecule has 0 N–H and O–H groups in total. The van der Waals surface area contributed by atoms with E-state index in [2.05, 4.69) is 10.2 Å². The summed E-state index contributed by atoms with van der Waals surface area (Å²) >= 11 is 0. The summed E-state index contributed by atoms with van der Waals surface area (Å²) in [7, 11) is 0. The van der Waals surface area contributed by atoms with Crippen molar-refractivity contribution in [1.29, 1.82) is 0 Å². The molecule has 0 amide bonds. The van der Waals surface area contributed by atoms with E-state index in [0.29, 0.717) is 5.56 Å². The Morgan fingerprint density at radius 1 is 1.20 bits per heavy atom. The molecule has 4 nitrogen and oxygen atoms in total. The minimum atomic E-state index is 0.0196. The molecule has 0 saturated carbocycles. The smallest absolute Gasteiger partial charge is 0.186 e. The van der Waals surface area contributed by atoms with Crippen LogP contribution in [-0.4, -0.2) is 20.8 Å². The van der Waals surface area contributed by atoms with Gasteiger partial charge >= 0.3 is 0 Å². The molecule has 0 saturated heterocycles. The van der Waals surface area contributed by atoms with E-state index in [4.69, 9.17) is 0 Å². The number of hydrogen-bond acceptors (Lipinski definition) is 3. The van der Waals surface area contributed by atoms with Crippen LogP contribution in [0.1, 0.15) is 15.9 Å². The third kappa shape index (κ3) is 2.28. The van der Waals surface area contributed by atoms with Crippen molar-refractivity contribution in [3.8, 4) is 0 Å². The first-order valence-electron chi connectivity index (χ1n) is 4.70. The van der Waals surface area contributed by atoms with Gasteiger partial charge in [0.15, 0.2) is 5.78 Å². The van der Waals surface area contributed by atoms with Crippen LogP contribution in [0.4, 0.5) is 0 Å². The van der Waals surface area contributed by atoms with Gasteiger partial charge in [-0.05, 0) is 6.92 Å². The van der Waals surface area contributed by atoms with Crippen LogP contribution in [0, 0.1) is 6.92 Å². The molecule has 4 heteroatoms. The quantitative estimate of drug-likeness (QED) is 0.706. The topological polar surface area (TPSA) is 47.8 Å². The van der Waals surface area contributed by atoms with E-state index in [1.807, 2.05) is 31.2 Å². The summed E-state index contributed by atoms with van der Waals surface area (Å²) in [6.45, 7) is 2.18. The number of rotatable bonds is 3. The summed E-state index contributed by atoms with van der Waals surface area (Å²) < 4.78 is 0. The maximum atomic E-state index is 11.7. The summed E-state index contributed by atoms with van der Waals surface area (Å²) in [6.07, 6.45) is 3.12. The molecule has 0 unspecified atom stereocenters. The van der Waals surface area contributed by atoms with Crippen LogP contribution in [0.2, 0.25) is 0 Å². The van der Waals surface area contributed by atoms with Gasteiger partial charge in [0.1, 0.15) is 6.54 Å². The standard InChI is InChI=1S/C11H11N3O/c1-9-2-4-10(5-3-9)11(15)8-14-12-6-7-13-14/h2-7H,8H2,1H3. The number of aryl methyl sites for hydroxylation is 1. The van der Waals surface area contributed by atoms with E-state index in [-0.39, 0.29) is 12.3 Å².